The zero-order valence-corrected chi connectivity index (χ0v) is 17.3. The first-order chi connectivity index (χ1) is 14.2. The lowest BCUT2D eigenvalue weighted by Crippen LogP contribution is -2.49. The van der Waals surface area contributed by atoms with E-state index in [2.05, 4.69) is 14.8 Å². The highest BCUT2D eigenvalue weighted by Crippen LogP contribution is 2.24. The molecule has 0 radical (unpaired) electrons. The van der Waals surface area contributed by atoms with Gasteiger partial charge in [0.2, 0.25) is 5.91 Å². The summed E-state index contributed by atoms with van der Waals surface area (Å²) in [5.41, 5.74) is 1.14. The summed E-state index contributed by atoms with van der Waals surface area (Å²) in [5, 5.41) is 0.732. The minimum Gasteiger partial charge on any atom is -0.371 e. The summed E-state index contributed by atoms with van der Waals surface area (Å²) in [6.45, 7) is 6.31. The van der Waals surface area contributed by atoms with Gasteiger partial charge in [-0.15, -0.1) is 0 Å². The van der Waals surface area contributed by atoms with Gasteiger partial charge >= 0.3 is 0 Å². The molecule has 6 nitrogen and oxygen atoms in total. The molecule has 154 valence electrons. The van der Waals surface area contributed by atoms with E-state index in [1.54, 1.807) is 0 Å². The number of benzene rings is 1. The average Bonchev–Trinajstić information content (AvgIpc) is 2.79. The first kappa shape index (κ1) is 20.1. The summed E-state index contributed by atoms with van der Waals surface area (Å²) >= 11 is 5.98. The molecule has 7 heteroatoms. The third-order valence-corrected chi connectivity index (χ3v) is 5.89. The second kappa shape index (κ2) is 9.57. The van der Waals surface area contributed by atoms with Crippen LogP contribution in [-0.4, -0.2) is 73.1 Å². The van der Waals surface area contributed by atoms with Gasteiger partial charge in [-0.25, -0.2) is 4.98 Å². The number of rotatable bonds is 5. The van der Waals surface area contributed by atoms with Crippen molar-refractivity contribution in [2.45, 2.75) is 12.5 Å². The van der Waals surface area contributed by atoms with Gasteiger partial charge in [0.05, 0.1) is 12.7 Å². The van der Waals surface area contributed by atoms with E-state index in [0.29, 0.717) is 13.0 Å². The van der Waals surface area contributed by atoms with Gasteiger partial charge in [-0.1, -0.05) is 29.8 Å². The van der Waals surface area contributed by atoms with Crippen LogP contribution in [0, 0.1) is 0 Å². The summed E-state index contributed by atoms with van der Waals surface area (Å²) in [5.74, 6) is 1.22. The lowest BCUT2D eigenvalue weighted by molar-refractivity contribution is -0.132. The second-order valence-electron chi connectivity index (χ2n) is 7.52. The Hall–Kier alpha value is -2.15. The third kappa shape index (κ3) is 5.26. The van der Waals surface area contributed by atoms with Crippen LogP contribution in [0.1, 0.15) is 18.1 Å². The van der Waals surface area contributed by atoms with E-state index in [4.69, 9.17) is 16.3 Å². The lowest BCUT2D eigenvalue weighted by Gasteiger charge is -2.36. The van der Waals surface area contributed by atoms with Crippen molar-refractivity contribution in [3.63, 3.8) is 0 Å². The molecule has 0 bridgehead atoms. The minimum absolute atomic E-state index is 0.0398. The molecule has 0 spiro atoms. The fourth-order valence-corrected chi connectivity index (χ4v) is 4.05. The quantitative estimate of drug-likeness (QED) is 0.753. The Morgan fingerprint density at radius 3 is 2.59 bits per heavy atom. The molecule has 0 aliphatic carbocycles. The Bertz CT molecular complexity index is 794. The van der Waals surface area contributed by atoms with Gasteiger partial charge in [-0.2, -0.15) is 0 Å². The molecular weight excluding hydrogens is 388 g/mol. The maximum atomic E-state index is 12.7. The number of halogens is 1. The SMILES string of the molecule is O=C(CCN1CCOC(c2ccc(Cl)cc2)C1)N1CCN(c2ccccn2)CC1. The van der Waals surface area contributed by atoms with Gasteiger partial charge in [-0.05, 0) is 29.8 Å². The lowest BCUT2D eigenvalue weighted by atomic mass is 10.1. The summed E-state index contributed by atoms with van der Waals surface area (Å²) in [6, 6.07) is 13.8. The van der Waals surface area contributed by atoms with Crippen molar-refractivity contribution in [1.82, 2.24) is 14.8 Å². The number of morpholine rings is 1. The minimum atomic E-state index is 0.0398. The van der Waals surface area contributed by atoms with Gasteiger partial charge in [0.25, 0.3) is 0 Å². The fraction of sp³-hybridized carbons (Fsp3) is 0.455. The number of amides is 1. The maximum Gasteiger partial charge on any atom is 0.223 e. The Balaban J connectivity index is 1.23. The molecule has 3 heterocycles. The van der Waals surface area contributed by atoms with Crippen LogP contribution < -0.4 is 4.90 Å². The largest absolute Gasteiger partial charge is 0.371 e. The Morgan fingerprint density at radius 1 is 1.07 bits per heavy atom. The molecule has 4 rings (SSSR count). The van der Waals surface area contributed by atoms with E-state index in [-0.39, 0.29) is 12.0 Å². The number of ether oxygens (including phenoxy) is 1. The molecule has 2 aliphatic rings. The van der Waals surface area contributed by atoms with Gasteiger partial charge in [-0.3, -0.25) is 9.69 Å². The summed E-state index contributed by atoms with van der Waals surface area (Å²) in [6.07, 6.45) is 2.40. The van der Waals surface area contributed by atoms with Crippen LogP contribution in [-0.2, 0) is 9.53 Å². The van der Waals surface area contributed by atoms with Crippen molar-refractivity contribution in [3.05, 3.63) is 59.2 Å². The Morgan fingerprint density at radius 2 is 1.86 bits per heavy atom. The molecule has 1 aromatic carbocycles. The predicted octanol–water partition coefficient (Wildman–Crippen LogP) is 2.85. The van der Waals surface area contributed by atoms with E-state index in [1.165, 1.54) is 0 Å². The van der Waals surface area contributed by atoms with Gasteiger partial charge in [0, 0.05) is 63.5 Å². The smallest absolute Gasteiger partial charge is 0.223 e. The molecule has 2 fully saturated rings. The number of carbonyl (C=O) groups is 1. The van der Waals surface area contributed by atoms with Crippen LogP contribution in [0.3, 0.4) is 0 Å². The fourth-order valence-electron chi connectivity index (χ4n) is 3.92. The number of hydrogen-bond acceptors (Lipinski definition) is 5. The number of nitrogens with zero attached hydrogens (tertiary/aromatic N) is 4. The van der Waals surface area contributed by atoms with Gasteiger partial charge in [0.15, 0.2) is 0 Å². The van der Waals surface area contributed by atoms with Crippen LogP contribution in [0.5, 0.6) is 0 Å². The van der Waals surface area contributed by atoms with Crippen molar-refractivity contribution >= 4 is 23.3 Å². The molecule has 1 aromatic heterocycles. The van der Waals surface area contributed by atoms with Crippen LogP contribution in [0.4, 0.5) is 5.82 Å². The summed E-state index contributed by atoms with van der Waals surface area (Å²) in [4.78, 5) is 23.6. The van der Waals surface area contributed by atoms with Crippen LogP contribution in [0.15, 0.2) is 48.7 Å². The Labute approximate surface area is 177 Å². The molecule has 2 aliphatic heterocycles. The van der Waals surface area contributed by atoms with Crippen molar-refractivity contribution < 1.29 is 9.53 Å². The molecule has 0 saturated carbocycles. The molecule has 29 heavy (non-hydrogen) atoms. The highest BCUT2D eigenvalue weighted by molar-refractivity contribution is 6.30. The number of aromatic nitrogens is 1. The van der Waals surface area contributed by atoms with Gasteiger partial charge in [0.1, 0.15) is 5.82 Å². The molecule has 2 aromatic rings. The number of hydrogen-bond donors (Lipinski definition) is 0. The number of pyridine rings is 1. The first-order valence-electron chi connectivity index (χ1n) is 10.2. The Kier molecular flexibility index (Phi) is 6.64. The van der Waals surface area contributed by atoms with E-state index in [9.17, 15) is 4.79 Å². The molecule has 1 amide bonds. The molecule has 2 saturated heterocycles. The summed E-state index contributed by atoms with van der Waals surface area (Å²) < 4.78 is 5.92. The zero-order chi connectivity index (χ0) is 20.1. The number of carbonyl (C=O) groups excluding carboxylic acids is 1. The van der Waals surface area contributed by atoms with E-state index >= 15 is 0 Å². The zero-order valence-electron chi connectivity index (χ0n) is 16.5. The van der Waals surface area contributed by atoms with Crippen molar-refractivity contribution in [2.24, 2.45) is 0 Å². The van der Waals surface area contributed by atoms with Crippen LogP contribution >= 0.6 is 11.6 Å². The number of anilines is 1. The molecular formula is C22H27ClN4O2. The van der Waals surface area contributed by atoms with E-state index < -0.39 is 0 Å². The highest BCUT2D eigenvalue weighted by atomic mass is 35.5. The molecule has 1 unspecified atom stereocenters. The molecule has 1 atom stereocenters. The standard InChI is InChI=1S/C22H27ClN4O2/c23-19-6-4-18(5-7-19)20-17-25(15-16-29-20)10-8-22(28)27-13-11-26(12-14-27)21-3-1-2-9-24-21/h1-7,9,20H,8,10-17H2. The van der Waals surface area contributed by atoms with Crippen LogP contribution in [0.25, 0.3) is 0 Å². The average molecular weight is 415 g/mol. The van der Waals surface area contributed by atoms with Crippen LogP contribution in [0.2, 0.25) is 5.02 Å². The number of piperazine rings is 1. The monoisotopic (exact) mass is 414 g/mol. The third-order valence-electron chi connectivity index (χ3n) is 5.64. The first-order valence-corrected chi connectivity index (χ1v) is 10.6. The summed E-state index contributed by atoms with van der Waals surface area (Å²) in [7, 11) is 0. The van der Waals surface area contributed by atoms with Gasteiger partial charge < -0.3 is 14.5 Å². The van der Waals surface area contributed by atoms with Crippen molar-refractivity contribution in [1.29, 1.82) is 0 Å². The maximum absolute atomic E-state index is 12.7. The topological polar surface area (TPSA) is 48.9 Å². The second-order valence-corrected chi connectivity index (χ2v) is 7.95. The van der Waals surface area contributed by atoms with E-state index in [0.717, 1.165) is 62.2 Å². The normalized spacial score (nSPS) is 20.7. The molecule has 0 N–H and O–H groups in total. The van der Waals surface area contributed by atoms with E-state index in [1.807, 2.05) is 53.6 Å². The van der Waals surface area contributed by atoms with Crippen molar-refractivity contribution in [3.8, 4) is 0 Å². The highest BCUT2D eigenvalue weighted by Gasteiger charge is 2.25. The van der Waals surface area contributed by atoms with Crippen molar-refractivity contribution in [2.75, 3.05) is 57.3 Å². The predicted molar refractivity (Wildman–Crippen MR) is 114 cm³/mol.